The van der Waals surface area contributed by atoms with Gasteiger partial charge in [-0.25, -0.2) is 0 Å². The third kappa shape index (κ3) is 4.04. The Balaban J connectivity index is 2.08. The maximum atomic E-state index is 12.4. The molecule has 0 fully saturated rings. The molecule has 0 aliphatic rings. The fourth-order valence-corrected chi connectivity index (χ4v) is 2.40. The Bertz CT molecular complexity index is 602. The Morgan fingerprint density at radius 2 is 2.05 bits per heavy atom. The normalized spacial score (nSPS) is 10.5. The molecule has 0 atom stereocenters. The number of benzene rings is 1. The second-order valence-electron chi connectivity index (χ2n) is 4.79. The Hall–Kier alpha value is -1.88. The van der Waals surface area contributed by atoms with Crippen LogP contribution in [-0.4, -0.2) is 23.5 Å². The van der Waals surface area contributed by atoms with Gasteiger partial charge in [-0.3, -0.25) is 9.78 Å². The molecule has 4 nitrogen and oxygen atoms in total. The van der Waals surface area contributed by atoms with E-state index < -0.39 is 0 Å². The highest BCUT2D eigenvalue weighted by Gasteiger charge is 2.19. The van der Waals surface area contributed by atoms with E-state index in [-0.39, 0.29) is 18.6 Å². The van der Waals surface area contributed by atoms with Gasteiger partial charge in [-0.1, -0.05) is 12.1 Å². The first-order chi connectivity index (χ1) is 10.1. The molecule has 0 saturated heterocycles. The van der Waals surface area contributed by atoms with Gasteiger partial charge in [0.15, 0.2) is 6.61 Å². The fourth-order valence-electron chi connectivity index (χ4n) is 2.00. The van der Waals surface area contributed by atoms with E-state index in [4.69, 9.17) is 4.74 Å². The molecule has 5 heteroatoms. The summed E-state index contributed by atoms with van der Waals surface area (Å²) in [5.41, 5.74) is 0.772. The summed E-state index contributed by atoms with van der Waals surface area (Å²) in [6, 6.07) is 11.2. The van der Waals surface area contributed by atoms with Gasteiger partial charge < -0.3 is 9.64 Å². The predicted octanol–water partition coefficient (Wildman–Crippen LogP) is 3.66. The minimum atomic E-state index is -0.103. The van der Waals surface area contributed by atoms with Gasteiger partial charge in [-0.2, -0.15) is 0 Å². The van der Waals surface area contributed by atoms with Crippen LogP contribution in [0, 0.1) is 0 Å². The average molecular weight is 349 g/mol. The van der Waals surface area contributed by atoms with Gasteiger partial charge in [0.2, 0.25) is 0 Å². The van der Waals surface area contributed by atoms with Crippen LogP contribution >= 0.6 is 15.9 Å². The zero-order valence-corrected chi connectivity index (χ0v) is 13.6. The van der Waals surface area contributed by atoms with Gasteiger partial charge in [0.25, 0.3) is 5.91 Å². The topological polar surface area (TPSA) is 42.4 Å². The number of rotatable bonds is 5. The van der Waals surface area contributed by atoms with Gasteiger partial charge in [0.05, 0.1) is 16.4 Å². The highest BCUT2D eigenvalue weighted by molar-refractivity contribution is 9.10. The average Bonchev–Trinajstić information content (AvgIpc) is 2.47. The molecular formula is C16H17BrN2O2. The molecule has 1 heterocycles. The molecule has 0 bridgehead atoms. The summed E-state index contributed by atoms with van der Waals surface area (Å²) in [5, 5.41) is 0. The van der Waals surface area contributed by atoms with Crippen molar-refractivity contribution < 1.29 is 9.53 Å². The lowest BCUT2D eigenvalue weighted by molar-refractivity contribution is -0.120. The summed E-state index contributed by atoms with van der Waals surface area (Å²) >= 11 is 3.40. The molecular weight excluding hydrogens is 332 g/mol. The Morgan fingerprint density at radius 1 is 1.29 bits per heavy atom. The van der Waals surface area contributed by atoms with Crippen molar-refractivity contribution in [1.82, 2.24) is 4.98 Å². The molecule has 2 rings (SSSR count). The first-order valence-corrected chi connectivity index (χ1v) is 7.48. The van der Waals surface area contributed by atoms with E-state index in [0.717, 1.165) is 10.2 Å². The second kappa shape index (κ2) is 7.22. The molecule has 1 aromatic carbocycles. The van der Waals surface area contributed by atoms with Crippen molar-refractivity contribution in [2.45, 2.75) is 19.9 Å². The molecule has 0 saturated carbocycles. The minimum Gasteiger partial charge on any atom is -0.483 e. The quantitative estimate of drug-likeness (QED) is 0.827. The number of pyridine rings is 1. The third-order valence-corrected chi connectivity index (χ3v) is 3.55. The Morgan fingerprint density at radius 3 is 2.67 bits per heavy atom. The van der Waals surface area contributed by atoms with E-state index in [0.29, 0.717) is 5.75 Å². The summed E-state index contributed by atoms with van der Waals surface area (Å²) in [6.07, 6.45) is 3.36. The van der Waals surface area contributed by atoms with Crippen LogP contribution in [0.2, 0.25) is 0 Å². The predicted molar refractivity (Wildman–Crippen MR) is 86.5 cm³/mol. The van der Waals surface area contributed by atoms with E-state index in [1.807, 2.05) is 50.2 Å². The SMILES string of the molecule is CC(C)N(C(=O)COc1ccccc1Br)c1cccnc1. The van der Waals surface area contributed by atoms with Crippen molar-refractivity contribution in [3.63, 3.8) is 0 Å². The number of carbonyl (C=O) groups excluding carboxylic acids is 1. The molecule has 0 radical (unpaired) electrons. The maximum absolute atomic E-state index is 12.4. The standard InChI is InChI=1S/C16H17BrN2O2/c1-12(2)19(13-6-5-9-18-10-13)16(20)11-21-15-8-4-3-7-14(15)17/h3-10,12H,11H2,1-2H3. The lowest BCUT2D eigenvalue weighted by atomic mass is 10.2. The number of aromatic nitrogens is 1. The number of ether oxygens (including phenoxy) is 1. The lowest BCUT2D eigenvalue weighted by Gasteiger charge is -2.26. The summed E-state index contributed by atoms with van der Waals surface area (Å²) < 4.78 is 6.42. The first-order valence-electron chi connectivity index (χ1n) is 6.69. The van der Waals surface area contributed by atoms with Crippen LogP contribution in [-0.2, 0) is 4.79 Å². The van der Waals surface area contributed by atoms with Gasteiger partial charge in [-0.05, 0) is 54.0 Å². The van der Waals surface area contributed by atoms with E-state index >= 15 is 0 Å². The third-order valence-electron chi connectivity index (χ3n) is 2.90. The molecule has 0 aliphatic heterocycles. The molecule has 1 amide bonds. The summed E-state index contributed by atoms with van der Waals surface area (Å²) in [4.78, 5) is 18.2. The van der Waals surface area contributed by atoms with Crippen molar-refractivity contribution in [2.24, 2.45) is 0 Å². The van der Waals surface area contributed by atoms with E-state index in [1.54, 1.807) is 17.3 Å². The summed E-state index contributed by atoms with van der Waals surface area (Å²) in [6.45, 7) is 3.91. The highest BCUT2D eigenvalue weighted by atomic mass is 79.9. The molecule has 0 unspecified atom stereocenters. The molecule has 0 N–H and O–H groups in total. The molecule has 21 heavy (non-hydrogen) atoms. The van der Waals surface area contributed by atoms with Crippen LogP contribution in [0.3, 0.4) is 0 Å². The number of hydrogen-bond acceptors (Lipinski definition) is 3. The Kier molecular flexibility index (Phi) is 5.33. The molecule has 110 valence electrons. The van der Waals surface area contributed by atoms with Gasteiger partial charge >= 0.3 is 0 Å². The highest BCUT2D eigenvalue weighted by Crippen LogP contribution is 2.24. The van der Waals surface area contributed by atoms with E-state index in [2.05, 4.69) is 20.9 Å². The summed E-state index contributed by atoms with van der Waals surface area (Å²) in [5.74, 6) is 0.550. The van der Waals surface area contributed by atoms with Crippen molar-refractivity contribution in [2.75, 3.05) is 11.5 Å². The first kappa shape index (κ1) is 15.5. The lowest BCUT2D eigenvalue weighted by Crippen LogP contribution is -2.40. The number of nitrogens with zero attached hydrogens (tertiary/aromatic N) is 2. The number of hydrogen-bond donors (Lipinski definition) is 0. The van der Waals surface area contributed by atoms with Crippen LogP contribution in [0.25, 0.3) is 0 Å². The number of halogens is 1. The van der Waals surface area contributed by atoms with Crippen LogP contribution < -0.4 is 9.64 Å². The molecule has 0 spiro atoms. The van der Waals surface area contributed by atoms with Gasteiger partial charge in [0.1, 0.15) is 5.75 Å². The van der Waals surface area contributed by atoms with Crippen molar-refractivity contribution in [3.05, 3.63) is 53.3 Å². The second-order valence-corrected chi connectivity index (χ2v) is 5.64. The molecule has 1 aromatic heterocycles. The van der Waals surface area contributed by atoms with E-state index in [9.17, 15) is 4.79 Å². The number of carbonyl (C=O) groups is 1. The Labute approximate surface area is 132 Å². The number of anilines is 1. The van der Waals surface area contributed by atoms with Crippen molar-refractivity contribution >= 4 is 27.5 Å². The van der Waals surface area contributed by atoms with Crippen molar-refractivity contribution in [1.29, 1.82) is 0 Å². The van der Waals surface area contributed by atoms with Crippen LogP contribution in [0.15, 0.2) is 53.3 Å². The number of para-hydroxylation sites is 1. The van der Waals surface area contributed by atoms with E-state index in [1.165, 1.54) is 0 Å². The van der Waals surface area contributed by atoms with Crippen LogP contribution in [0.4, 0.5) is 5.69 Å². The monoisotopic (exact) mass is 348 g/mol. The zero-order chi connectivity index (χ0) is 15.2. The molecule has 2 aromatic rings. The van der Waals surface area contributed by atoms with Crippen LogP contribution in [0.5, 0.6) is 5.75 Å². The number of amides is 1. The fraction of sp³-hybridized carbons (Fsp3) is 0.250. The zero-order valence-electron chi connectivity index (χ0n) is 12.0. The largest absolute Gasteiger partial charge is 0.483 e. The van der Waals surface area contributed by atoms with Crippen molar-refractivity contribution in [3.8, 4) is 5.75 Å². The molecule has 0 aliphatic carbocycles. The van der Waals surface area contributed by atoms with Gasteiger partial charge in [0, 0.05) is 12.2 Å². The minimum absolute atomic E-state index is 0.0182. The summed E-state index contributed by atoms with van der Waals surface area (Å²) in [7, 11) is 0. The van der Waals surface area contributed by atoms with Gasteiger partial charge in [-0.15, -0.1) is 0 Å². The van der Waals surface area contributed by atoms with Crippen LogP contribution in [0.1, 0.15) is 13.8 Å². The smallest absolute Gasteiger partial charge is 0.265 e. The maximum Gasteiger partial charge on any atom is 0.265 e.